The Kier molecular flexibility index (Phi) is 2.35. The number of hydrogen-bond acceptors (Lipinski definition) is 2. The van der Waals surface area contributed by atoms with Gasteiger partial charge >= 0.3 is 0 Å². The highest BCUT2D eigenvalue weighted by atomic mass is 79.9. The molecule has 0 bridgehead atoms. The Morgan fingerprint density at radius 3 is 1.73 bits per heavy atom. The molecule has 1 aliphatic rings. The van der Waals surface area contributed by atoms with Crippen LogP contribution in [0.5, 0.6) is 0 Å². The summed E-state index contributed by atoms with van der Waals surface area (Å²) in [4.78, 5) is 0. The van der Waals surface area contributed by atoms with Crippen LogP contribution in [0.2, 0.25) is 13.1 Å². The van der Waals surface area contributed by atoms with Crippen LogP contribution in [-0.4, -0.2) is 8.07 Å². The first-order valence-electron chi connectivity index (χ1n) is 4.58. The molecule has 15 heavy (non-hydrogen) atoms. The third-order valence-corrected chi connectivity index (χ3v) is 10.4. The van der Waals surface area contributed by atoms with E-state index in [-0.39, 0.29) is 0 Å². The molecule has 2 aromatic rings. The first-order valence-corrected chi connectivity index (χ1v) is 10.9. The van der Waals surface area contributed by atoms with Crippen molar-refractivity contribution in [3.05, 3.63) is 18.3 Å². The average Bonchev–Trinajstić information content (AvgIpc) is 2.74. The van der Waals surface area contributed by atoms with E-state index < -0.39 is 8.07 Å². The van der Waals surface area contributed by atoms with Crippen LogP contribution in [0.25, 0.3) is 11.1 Å². The van der Waals surface area contributed by atoms with E-state index in [4.69, 9.17) is 0 Å². The summed E-state index contributed by atoms with van der Waals surface area (Å²) in [5, 5.41) is 7.86. The highest BCUT2D eigenvalue weighted by Gasteiger charge is 2.41. The number of thiophene rings is 2. The molecule has 0 nitrogen and oxygen atoms in total. The highest BCUT2D eigenvalue weighted by Crippen LogP contribution is 2.43. The number of hydrogen-bond donors (Lipinski definition) is 0. The van der Waals surface area contributed by atoms with E-state index in [1.54, 1.807) is 10.4 Å². The molecule has 78 valence electrons. The van der Waals surface area contributed by atoms with Crippen LogP contribution in [0.4, 0.5) is 0 Å². The maximum Gasteiger partial charge on any atom is 0.116 e. The van der Waals surface area contributed by atoms with Crippen LogP contribution in [0.15, 0.2) is 18.3 Å². The Labute approximate surface area is 115 Å². The minimum atomic E-state index is -1.38. The van der Waals surface area contributed by atoms with Gasteiger partial charge in [0.15, 0.2) is 0 Å². The second-order valence-electron chi connectivity index (χ2n) is 4.22. The molecule has 0 atom stereocenters. The quantitative estimate of drug-likeness (QED) is 0.603. The highest BCUT2D eigenvalue weighted by molar-refractivity contribution is 9.11. The first kappa shape index (κ1) is 10.7. The van der Waals surface area contributed by atoms with Crippen molar-refractivity contribution in [2.75, 3.05) is 0 Å². The standard InChI is InChI=1S/C10H8Br2S2Si/c1-15(2)5-3-13-9(11)7(5)8-6(15)4-14-10(8)12/h3-4H,1-2H3. The zero-order chi connectivity index (χ0) is 10.8. The Hall–Kier alpha value is 0.577. The van der Waals surface area contributed by atoms with Gasteiger partial charge in [-0.1, -0.05) is 13.1 Å². The van der Waals surface area contributed by atoms with Gasteiger partial charge in [-0.15, -0.1) is 22.7 Å². The minimum Gasteiger partial charge on any atom is -0.136 e. The van der Waals surface area contributed by atoms with E-state index in [1.165, 1.54) is 18.7 Å². The van der Waals surface area contributed by atoms with Crippen molar-refractivity contribution < 1.29 is 0 Å². The Bertz CT molecular complexity index is 506. The van der Waals surface area contributed by atoms with Crippen molar-refractivity contribution in [1.29, 1.82) is 0 Å². The molecule has 0 aliphatic carbocycles. The van der Waals surface area contributed by atoms with Gasteiger partial charge in [0.25, 0.3) is 0 Å². The molecule has 1 aliphatic heterocycles. The Balaban J connectivity index is 2.46. The van der Waals surface area contributed by atoms with Crippen LogP contribution < -0.4 is 10.4 Å². The van der Waals surface area contributed by atoms with Crippen LogP contribution in [-0.2, 0) is 0 Å². The molecule has 5 heteroatoms. The molecular weight excluding hydrogens is 372 g/mol. The minimum absolute atomic E-state index is 1.29. The number of halogens is 2. The van der Waals surface area contributed by atoms with Crippen molar-refractivity contribution in [2.24, 2.45) is 0 Å². The zero-order valence-corrected chi connectivity index (χ0v) is 14.0. The lowest BCUT2D eigenvalue weighted by molar-refractivity contribution is 1.88. The smallest absolute Gasteiger partial charge is 0.116 e. The number of fused-ring (bicyclic) bond motifs is 3. The predicted octanol–water partition coefficient (Wildman–Crippen LogP) is 4.14. The fourth-order valence-corrected chi connectivity index (χ4v) is 10.2. The Morgan fingerprint density at radius 1 is 0.933 bits per heavy atom. The maximum absolute atomic E-state index is 3.68. The predicted molar refractivity (Wildman–Crippen MR) is 79.8 cm³/mol. The largest absolute Gasteiger partial charge is 0.136 e. The summed E-state index contributed by atoms with van der Waals surface area (Å²) in [5.41, 5.74) is 2.92. The molecule has 0 unspecified atom stereocenters. The van der Waals surface area contributed by atoms with Crippen LogP contribution in [0.1, 0.15) is 0 Å². The lowest BCUT2D eigenvalue weighted by Gasteiger charge is -2.15. The lowest BCUT2D eigenvalue weighted by Crippen LogP contribution is -2.48. The summed E-state index contributed by atoms with van der Waals surface area (Å²) in [6, 6.07) is 0. The third-order valence-electron chi connectivity index (χ3n) is 3.09. The van der Waals surface area contributed by atoms with Crippen molar-refractivity contribution in [3.63, 3.8) is 0 Å². The van der Waals surface area contributed by atoms with Gasteiger partial charge < -0.3 is 0 Å². The second-order valence-corrected chi connectivity index (χ2v) is 12.9. The van der Waals surface area contributed by atoms with E-state index in [2.05, 4.69) is 55.7 Å². The van der Waals surface area contributed by atoms with Gasteiger partial charge in [0.05, 0.1) is 7.57 Å². The summed E-state index contributed by atoms with van der Waals surface area (Å²) in [6.07, 6.45) is 0. The van der Waals surface area contributed by atoms with Crippen molar-refractivity contribution in [1.82, 2.24) is 0 Å². The normalized spacial score (nSPS) is 16.5. The molecule has 2 aromatic heterocycles. The molecule has 0 amide bonds. The summed E-state index contributed by atoms with van der Waals surface area (Å²) in [6.45, 7) is 4.88. The molecular formula is C10H8Br2S2Si. The summed E-state index contributed by atoms with van der Waals surface area (Å²) in [7, 11) is -1.38. The van der Waals surface area contributed by atoms with Gasteiger partial charge in [-0.25, -0.2) is 0 Å². The summed E-state index contributed by atoms with van der Waals surface area (Å²) in [5.74, 6) is 0. The van der Waals surface area contributed by atoms with E-state index >= 15 is 0 Å². The molecule has 0 fully saturated rings. The van der Waals surface area contributed by atoms with E-state index in [1.807, 2.05) is 22.7 Å². The topological polar surface area (TPSA) is 0 Å². The van der Waals surface area contributed by atoms with E-state index in [0.717, 1.165) is 0 Å². The van der Waals surface area contributed by atoms with Crippen molar-refractivity contribution in [2.45, 2.75) is 13.1 Å². The van der Waals surface area contributed by atoms with Gasteiger partial charge in [-0.2, -0.15) is 0 Å². The van der Waals surface area contributed by atoms with Gasteiger partial charge in [-0.3, -0.25) is 0 Å². The fraction of sp³-hybridized carbons (Fsp3) is 0.200. The number of rotatable bonds is 0. The molecule has 0 saturated carbocycles. The molecule has 0 radical (unpaired) electrons. The van der Waals surface area contributed by atoms with Crippen molar-refractivity contribution in [3.8, 4) is 11.1 Å². The van der Waals surface area contributed by atoms with Gasteiger partial charge in [-0.05, 0) is 53.0 Å². The Morgan fingerprint density at radius 2 is 1.33 bits per heavy atom. The van der Waals surface area contributed by atoms with Crippen molar-refractivity contribution >= 4 is 73.0 Å². The zero-order valence-electron chi connectivity index (χ0n) is 8.23. The molecule has 3 heterocycles. The summed E-state index contributed by atoms with van der Waals surface area (Å²) >= 11 is 11.0. The van der Waals surface area contributed by atoms with Crippen LogP contribution >= 0.6 is 54.5 Å². The van der Waals surface area contributed by atoms with Gasteiger partial charge in [0.1, 0.15) is 8.07 Å². The summed E-state index contributed by atoms with van der Waals surface area (Å²) < 4.78 is 2.58. The average molecular weight is 380 g/mol. The lowest BCUT2D eigenvalue weighted by atomic mass is 10.2. The maximum atomic E-state index is 3.68. The molecule has 0 spiro atoms. The van der Waals surface area contributed by atoms with E-state index in [0.29, 0.717) is 0 Å². The van der Waals surface area contributed by atoms with E-state index in [9.17, 15) is 0 Å². The first-order chi connectivity index (χ1) is 7.03. The molecule has 0 aromatic carbocycles. The van der Waals surface area contributed by atoms with Crippen LogP contribution in [0, 0.1) is 0 Å². The van der Waals surface area contributed by atoms with Gasteiger partial charge in [0, 0.05) is 11.1 Å². The molecule has 3 rings (SSSR count). The monoisotopic (exact) mass is 378 g/mol. The molecule has 0 N–H and O–H groups in total. The third kappa shape index (κ3) is 1.27. The fourth-order valence-electron chi connectivity index (χ4n) is 2.20. The van der Waals surface area contributed by atoms with Crippen LogP contribution in [0.3, 0.4) is 0 Å². The second kappa shape index (κ2) is 3.29. The van der Waals surface area contributed by atoms with Gasteiger partial charge in [0.2, 0.25) is 0 Å². The molecule has 0 saturated heterocycles. The SMILES string of the molecule is C[Si]1(C)c2csc(Br)c2-c2c1csc2Br.